The van der Waals surface area contributed by atoms with Crippen LogP contribution in [0, 0.1) is 18.3 Å². The van der Waals surface area contributed by atoms with E-state index in [4.69, 9.17) is 10.00 Å². The van der Waals surface area contributed by atoms with Crippen molar-refractivity contribution >= 4 is 0 Å². The summed E-state index contributed by atoms with van der Waals surface area (Å²) in [5, 5.41) is 13.1. The third kappa shape index (κ3) is 2.45. The molecule has 0 spiro atoms. The summed E-state index contributed by atoms with van der Waals surface area (Å²) in [6.45, 7) is 4.74. The molecule has 0 saturated heterocycles. The van der Waals surface area contributed by atoms with Crippen LogP contribution in [0.1, 0.15) is 18.1 Å². The molecule has 1 aromatic carbocycles. The number of ether oxygens (including phenoxy) is 1. The molecule has 0 aliphatic heterocycles. The molecule has 0 bridgehead atoms. The zero-order valence-electron chi connectivity index (χ0n) is 9.84. The molecule has 86 valence electrons. The second-order valence-electron chi connectivity index (χ2n) is 3.75. The van der Waals surface area contributed by atoms with Gasteiger partial charge >= 0.3 is 0 Å². The highest BCUT2D eigenvalue weighted by Crippen LogP contribution is 2.25. The summed E-state index contributed by atoms with van der Waals surface area (Å²) >= 11 is 0. The molecule has 17 heavy (non-hydrogen) atoms. The fourth-order valence-electron chi connectivity index (χ4n) is 1.52. The van der Waals surface area contributed by atoms with Crippen molar-refractivity contribution in [1.29, 1.82) is 5.26 Å². The van der Waals surface area contributed by atoms with Crippen LogP contribution in [-0.4, -0.2) is 9.78 Å². The van der Waals surface area contributed by atoms with E-state index in [0.717, 1.165) is 12.1 Å². The molecule has 2 aromatic rings. The van der Waals surface area contributed by atoms with Crippen molar-refractivity contribution in [2.75, 3.05) is 0 Å². The van der Waals surface area contributed by atoms with Crippen molar-refractivity contribution in [2.45, 2.75) is 20.4 Å². The minimum Gasteiger partial charge on any atom is -0.453 e. The maximum absolute atomic E-state index is 9.02. The third-order valence-electron chi connectivity index (χ3n) is 2.42. The molecule has 0 aliphatic carbocycles. The van der Waals surface area contributed by atoms with Gasteiger partial charge in [0.25, 0.3) is 0 Å². The molecule has 0 amide bonds. The van der Waals surface area contributed by atoms with Crippen molar-refractivity contribution in [2.24, 2.45) is 0 Å². The summed E-state index contributed by atoms with van der Waals surface area (Å²) in [4.78, 5) is 0. The van der Waals surface area contributed by atoms with Gasteiger partial charge in [0.2, 0.25) is 0 Å². The monoisotopic (exact) mass is 227 g/mol. The molecule has 2 rings (SSSR count). The topological polar surface area (TPSA) is 50.8 Å². The highest BCUT2D eigenvalue weighted by atomic mass is 16.5. The van der Waals surface area contributed by atoms with E-state index in [1.54, 1.807) is 29.2 Å². The van der Waals surface area contributed by atoms with E-state index in [2.05, 4.69) is 11.2 Å². The van der Waals surface area contributed by atoms with Gasteiger partial charge in [-0.1, -0.05) is 6.07 Å². The lowest BCUT2D eigenvalue weighted by molar-refractivity contribution is 0.479. The molecule has 4 heteroatoms. The number of hydrogen-bond acceptors (Lipinski definition) is 3. The molecule has 0 unspecified atom stereocenters. The van der Waals surface area contributed by atoms with E-state index in [1.807, 2.05) is 19.9 Å². The summed E-state index contributed by atoms with van der Waals surface area (Å²) in [5.41, 5.74) is 1.58. The lowest BCUT2D eigenvalue weighted by atomic mass is 10.1. The van der Waals surface area contributed by atoms with Crippen molar-refractivity contribution in [3.8, 4) is 17.6 Å². The fraction of sp³-hybridized carbons (Fsp3) is 0.231. The van der Waals surface area contributed by atoms with Gasteiger partial charge in [0.15, 0.2) is 5.75 Å². The van der Waals surface area contributed by atoms with Crippen LogP contribution in [0.15, 0.2) is 30.6 Å². The maximum atomic E-state index is 9.02. The zero-order valence-corrected chi connectivity index (χ0v) is 9.84. The van der Waals surface area contributed by atoms with Gasteiger partial charge in [-0.3, -0.25) is 4.68 Å². The van der Waals surface area contributed by atoms with Gasteiger partial charge in [-0.25, -0.2) is 0 Å². The second-order valence-corrected chi connectivity index (χ2v) is 3.75. The normalized spacial score (nSPS) is 9.94. The molecule has 4 nitrogen and oxygen atoms in total. The lowest BCUT2D eigenvalue weighted by Gasteiger charge is -2.05. The summed E-state index contributed by atoms with van der Waals surface area (Å²) in [6, 6.07) is 7.65. The molecule has 0 saturated carbocycles. The Hall–Kier alpha value is -2.28. The minimum atomic E-state index is 0.536. The molecule has 0 radical (unpaired) electrons. The number of aryl methyl sites for hydroxylation is 2. The SMILES string of the molecule is CCn1cc(Oc2ccc(C)cc2C#N)cn1. The highest BCUT2D eigenvalue weighted by Gasteiger charge is 2.06. The molecule has 0 aliphatic rings. The zero-order chi connectivity index (χ0) is 12.3. The largest absolute Gasteiger partial charge is 0.453 e. The Morgan fingerprint density at radius 2 is 2.29 bits per heavy atom. The van der Waals surface area contributed by atoms with E-state index >= 15 is 0 Å². The summed E-state index contributed by atoms with van der Waals surface area (Å²) < 4.78 is 7.41. The van der Waals surface area contributed by atoms with Gasteiger partial charge in [-0.05, 0) is 31.5 Å². The number of aromatic nitrogens is 2. The van der Waals surface area contributed by atoms with Crippen molar-refractivity contribution in [3.63, 3.8) is 0 Å². The highest BCUT2D eigenvalue weighted by molar-refractivity contribution is 5.46. The molecule has 0 atom stereocenters. The van der Waals surface area contributed by atoms with Crippen LogP contribution in [0.4, 0.5) is 0 Å². The first kappa shape index (κ1) is 11.2. The first-order valence-electron chi connectivity index (χ1n) is 5.44. The van der Waals surface area contributed by atoms with E-state index in [-0.39, 0.29) is 0 Å². The average Bonchev–Trinajstić information content (AvgIpc) is 2.79. The Morgan fingerprint density at radius 1 is 1.47 bits per heavy atom. The van der Waals surface area contributed by atoms with Gasteiger partial charge in [-0.15, -0.1) is 0 Å². The van der Waals surface area contributed by atoms with E-state index in [9.17, 15) is 0 Å². The number of rotatable bonds is 3. The van der Waals surface area contributed by atoms with Crippen LogP contribution in [0.5, 0.6) is 11.5 Å². The molecular formula is C13H13N3O. The van der Waals surface area contributed by atoms with Crippen molar-refractivity contribution in [3.05, 3.63) is 41.7 Å². The van der Waals surface area contributed by atoms with Crippen LogP contribution >= 0.6 is 0 Å². The predicted octanol–water partition coefficient (Wildman–Crippen LogP) is 2.88. The Morgan fingerprint density at radius 3 is 2.94 bits per heavy atom. The number of benzene rings is 1. The van der Waals surface area contributed by atoms with Gasteiger partial charge in [0.05, 0.1) is 18.0 Å². The Balaban J connectivity index is 2.27. The minimum absolute atomic E-state index is 0.536. The summed E-state index contributed by atoms with van der Waals surface area (Å²) in [5.74, 6) is 1.21. The number of hydrogen-bond donors (Lipinski definition) is 0. The van der Waals surface area contributed by atoms with Crippen LogP contribution in [0.3, 0.4) is 0 Å². The maximum Gasteiger partial charge on any atom is 0.165 e. The summed E-state index contributed by atoms with van der Waals surface area (Å²) in [6.07, 6.45) is 3.45. The van der Waals surface area contributed by atoms with Crippen molar-refractivity contribution < 1.29 is 4.74 Å². The standard InChI is InChI=1S/C13H13N3O/c1-3-16-9-12(8-15-16)17-13-5-4-10(2)6-11(13)7-14/h4-6,8-9H,3H2,1-2H3. The van der Waals surface area contributed by atoms with Crippen molar-refractivity contribution in [1.82, 2.24) is 9.78 Å². The van der Waals surface area contributed by atoms with Gasteiger partial charge < -0.3 is 4.74 Å². The van der Waals surface area contributed by atoms with E-state index < -0.39 is 0 Å². The predicted molar refractivity (Wildman–Crippen MR) is 63.9 cm³/mol. The smallest absolute Gasteiger partial charge is 0.165 e. The quantitative estimate of drug-likeness (QED) is 0.810. The van der Waals surface area contributed by atoms with E-state index in [1.165, 1.54) is 0 Å². The van der Waals surface area contributed by atoms with Crippen LogP contribution in [0.25, 0.3) is 0 Å². The van der Waals surface area contributed by atoms with Crippen LogP contribution in [-0.2, 0) is 6.54 Å². The van der Waals surface area contributed by atoms with Gasteiger partial charge in [-0.2, -0.15) is 10.4 Å². The summed E-state index contributed by atoms with van der Waals surface area (Å²) in [7, 11) is 0. The van der Waals surface area contributed by atoms with Crippen LogP contribution < -0.4 is 4.74 Å². The molecule has 0 fully saturated rings. The molecule has 1 aromatic heterocycles. The molecule has 1 heterocycles. The average molecular weight is 227 g/mol. The Bertz CT molecular complexity index is 566. The lowest BCUT2D eigenvalue weighted by Crippen LogP contribution is -1.92. The third-order valence-corrected chi connectivity index (χ3v) is 2.42. The first-order valence-corrected chi connectivity index (χ1v) is 5.44. The number of nitrogens with zero attached hydrogens (tertiary/aromatic N) is 3. The van der Waals surface area contributed by atoms with Gasteiger partial charge in [0, 0.05) is 6.54 Å². The first-order chi connectivity index (χ1) is 8.22. The van der Waals surface area contributed by atoms with Gasteiger partial charge in [0.1, 0.15) is 11.8 Å². The Kier molecular flexibility index (Phi) is 3.10. The van der Waals surface area contributed by atoms with Crippen LogP contribution in [0.2, 0.25) is 0 Å². The fourth-order valence-corrected chi connectivity index (χ4v) is 1.52. The second kappa shape index (κ2) is 4.71. The molecule has 0 N–H and O–H groups in total. The molecular weight excluding hydrogens is 214 g/mol. The Labute approximate surface area is 100 Å². The number of nitriles is 1. The van der Waals surface area contributed by atoms with E-state index in [0.29, 0.717) is 17.1 Å².